The lowest BCUT2D eigenvalue weighted by atomic mass is 10.2. The summed E-state index contributed by atoms with van der Waals surface area (Å²) in [6, 6.07) is 6.64. The van der Waals surface area contributed by atoms with Crippen LogP contribution in [0.15, 0.2) is 41.0 Å². The van der Waals surface area contributed by atoms with Gasteiger partial charge in [0.2, 0.25) is 0 Å². The number of anilines is 1. The predicted molar refractivity (Wildman–Crippen MR) is 73.2 cm³/mol. The fourth-order valence-electron chi connectivity index (χ4n) is 1.43. The monoisotopic (exact) mass is 338 g/mol. The van der Waals surface area contributed by atoms with E-state index in [9.17, 15) is 14.0 Å². The average molecular weight is 339 g/mol. The summed E-state index contributed by atoms with van der Waals surface area (Å²) in [5, 5.41) is 11.3. The average Bonchev–Trinajstić information content (AvgIpc) is 2.43. The molecule has 1 aromatic heterocycles. The number of carbonyl (C=O) groups excluding carboxylic acids is 1. The van der Waals surface area contributed by atoms with Crippen LogP contribution in [-0.4, -0.2) is 22.0 Å². The Morgan fingerprint density at radius 1 is 1.25 bits per heavy atom. The van der Waals surface area contributed by atoms with Crippen LogP contribution in [0.4, 0.5) is 10.1 Å². The highest BCUT2D eigenvalue weighted by Crippen LogP contribution is 2.20. The number of benzene rings is 1. The van der Waals surface area contributed by atoms with E-state index in [1.54, 1.807) is 0 Å². The van der Waals surface area contributed by atoms with E-state index in [0.29, 0.717) is 5.69 Å². The smallest absolute Gasteiger partial charge is 0.354 e. The maximum absolute atomic E-state index is 13.1. The van der Waals surface area contributed by atoms with Crippen molar-refractivity contribution in [1.29, 1.82) is 0 Å². The maximum atomic E-state index is 13.1. The molecule has 102 valence electrons. The lowest BCUT2D eigenvalue weighted by Gasteiger charge is -2.06. The van der Waals surface area contributed by atoms with Gasteiger partial charge in [0.15, 0.2) is 0 Å². The van der Waals surface area contributed by atoms with E-state index < -0.39 is 17.7 Å². The van der Waals surface area contributed by atoms with Crippen molar-refractivity contribution in [3.63, 3.8) is 0 Å². The van der Waals surface area contributed by atoms with Gasteiger partial charge in [0.1, 0.15) is 11.5 Å². The van der Waals surface area contributed by atoms with E-state index in [4.69, 9.17) is 5.11 Å². The van der Waals surface area contributed by atoms with Crippen LogP contribution in [0.5, 0.6) is 0 Å². The molecule has 1 heterocycles. The van der Waals surface area contributed by atoms with Crippen molar-refractivity contribution in [3.8, 4) is 0 Å². The van der Waals surface area contributed by atoms with Crippen LogP contribution in [0.25, 0.3) is 0 Å². The zero-order valence-corrected chi connectivity index (χ0v) is 11.5. The first-order chi connectivity index (χ1) is 9.47. The van der Waals surface area contributed by atoms with Gasteiger partial charge in [-0.1, -0.05) is 0 Å². The molecule has 0 aliphatic rings. The highest BCUT2D eigenvalue weighted by molar-refractivity contribution is 9.10. The van der Waals surface area contributed by atoms with Gasteiger partial charge in [0.05, 0.1) is 10.0 Å². The molecule has 0 fully saturated rings. The van der Waals surface area contributed by atoms with Crippen molar-refractivity contribution < 1.29 is 19.1 Å². The van der Waals surface area contributed by atoms with Crippen LogP contribution in [0.3, 0.4) is 0 Å². The standard InChI is InChI=1S/C13H8BrFN2O3/c14-9-5-8(2-3-10(9)15)17-12(18)7-1-4-11(13(19)20)16-6-7/h1-6H,(H,17,18)(H,19,20). The fraction of sp³-hybridized carbons (Fsp3) is 0. The molecule has 0 atom stereocenters. The van der Waals surface area contributed by atoms with Crippen LogP contribution in [0.1, 0.15) is 20.8 Å². The zero-order valence-electron chi connectivity index (χ0n) is 9.93. The van der Waals surface area contributed by atoms with Crippen molar-refractivity contribution in [2.75, 3.05) is 5.32 Å². The van der Waals surface area contributed by atoms with Gasteiger partial charge in [-0.25, -0.2) is 14.2 Å². The minimum atomic E-state index is -1.17. The molecule has 0 aliphatic heterocycles. The number of pyridine rings is 1. The minimum absolute atomic E-state index is 0.147. The summed E-state index contributed by atoms with van der Waals surface area (Å²) >= 11 is 3.01. The molecule has 0 aliphatic carbocycles. The van der Waals surface area contributed by atoms with E-state index in [1.807, 2.05) is 0 Å². The first kappa shape index (κ1) is 14.1. The molecule has 2 rings (SSSR count). The Balaban J connectivity index is 2.15. The summed E-state index contributed by atoms with van der Waals surface area (Å²) in [6.07, 6.45) is 1.16. The molecule has 0 spiro atoms. The second-order valence-corrected chi connectivity index (χ2v) is 4.67. The van der Waals surface area contributed by atoms with Gasteiger partial charge >= 0.3 is 5.97 Å². The van der Waals surface area contributed by atoms with Gasteiger partial charge in [-0.3, -0.25) is 4.79 Å². The third-order valence-corrected chi connectivity index (χ3v) is 3.03. The van der Waals surface area contributed by atoms with Gasteiger partial charge < -0.3 is 10.4 Å². The Labute approximate surface area is 121 Å². The molecule has 7 heteroatoms. The van der Waals surface area contributed by atoms with Crippen LogP contribution >= 0.6 is 15.9 Å². The first-order valence-electron chi connectivity index (χ1n) is 5.43. The molecule has 20 heavy (non-hydrogen) atoms. The Morgan fingerprint density at radius 3 is 2.55 bits per heavy atom. The van der Waals surface area contributed by atoms with Gasteiger partial charge in [-0.05, 0) is 46.3 Å². The van der Waals surface area contributed by atoms with E-state index in [1.165, 1.54) is 30.3 Å². The number of nitrogens with zero attached hydrogens (tertiary/aromatic N) is 1. The molecule has 0 unspecified atom stereocenters. The quantitative estimate of drug-likeness (QED) is 0.901. The lowest BCUT2D eigenvalue weighted by Crippen LogP contribution is -2.13. The molecule has 0 radical (unpaired) electrons. The molecule has 5 nitrogen and oxygen atoms in total. The molecule has 1 amide bonds. The molecule has 2 aromatic rings. The zero-order chi connectivity index (χ0) is 14.7. The number of carbonyl (C=O) groups is 2. The summed E-state index contributed by atoms with van der Waals surface area (Å²) in [6.45, 7) is 0. The Bertz CT molecular complexity index is 674. The molecule has 2 N–H and O–H groups in total. The van der Waals surface area contributed by atoms with Gasteiger partial charge in [-0.15, -0.1) is 0 Å². The number of hydrogen-bond acceptors (Lipinski definition) is 3. The third kappa shape index (κ3) is 3.18. The van der Waals surface area contributed by atoms with E-state index in [-0.39, 0.29) is 15.7 Å². The highest BCUT2D eigenvalue weighted by atomic mass is 79.9. The Kier molecular flexibility index (Phi) is 4.09. The number of aromatic nitrogens is 1. The van der Waals surface area contributed by atoms with Gasteiger partial charge in [0.25, 0.3) is 5.91 Å². The molecule has 0 saturated carbocycles. The SMILES string of the molecule is O=C(Nc1ccc(F)c(Br)c1)c1ccc(C(=O)O)nc1. The van der Waals surface area contributed by atoms with Crippen molar-refractivity contribution in [2.24, 2.45) is 0 Å². The van der Waals surface area contributed by atoms with E-state index >= 15 is 0 Å². The van der Waals surface area contributed by atoms with Gasteiger partial charge in [-0.2, -0.15) is 0 Å². The Morgan fingerprint density at radius 2 is 2.00 bits per heavy atom. The summed E-state index contributed by atoms with van der Waals surface area (Å²) in [5.41, 5.74) is 0.465. The van der Waals surface area contributed by atoms with E-state index in [2.05, 4.69) is 26.2 Å². The number of carboxylic acids is 1. The number of aromatic carboxylic acids is 1. The van der Waals surface area contributed by atoms with Crippen molar-refractivity contribution >= 4 is 33.5 Å². The van der Waals surface area contributed by atoms with Crippen LogP contribution in [-0.2, 0) is 0 Å². The predicted octanol–water partition coefficient (Wildman–Crippen LogP) is 2.93. The highest BCUT2D eigenvalue weighted by Gasteiger charge is 2.10. The number of halogens is 2. The van der Waals surface area contributed by atoms with Crippen LogP contribution in [0, 0.1) is 5.82 Å². The van der Waals surface area contributed by atoms with Gasteiger partial charge in [0, 0.05) is 11.9 Å². The third-order valence-electron chi connectivity index (χ3n) is 2.42. The number of nitrogens with one attached hydrogen (secondary N) is 1. The minimum Gasteiger partial charge on any atom is -0.477 e. The summed E-state index contributed by atoms with van der Waals surface area (Å²) in [7, 11) is 0. The van der Waals surface area contributed by atoms with Crippen LogP contribution in [0.2, 0.25) is 0 Å². The molecular weight excluding hydrogens is 331 g/mol. The first-order valence-corrected chi connectivity index (χ1v) is 6.22. The largest absolute Gasteiger partial charge is 0.477 e. The van der Waals surface area contributed by atoms with E-state index in [0.717, 1.165) is 6.20 Å². The van der Waals surface area contributed by atoms with Crippen molar-refractivity contribution in [1.82, 2.24) is 4.98 Å². The maximum Gasteiger partial charge on any atom is 0.354 e. The second kappa shape index (κ2) is 5.79. The normalized spacial score (nSPS) is 10.1. The Hall–Kier alpha value is -2.28. The molecule has 1 aromatic carbocycles. The number of hydrogen-bond donors (Lipinski definition) is 2. The van der Waals surface area contributed by atoms with Crippen molar-refractivity contribution in [3.05, 3.63) is 58.1 Å². The van der Waals surface area contributed by atoms with Crippen LogP contribution < -0.4 is 5.32 Å². The number of amides is 1. The fourth-order valence-corrected chi connectivity index (χ4v) is 1.81. The molecular formula is C13H8BrFN2O3. The number of carboxylic acid groups (broad SMARTS) is 1. The molecule has 0 bridgehead atoms. The summed E-state index contributed by atoms with van der Waals surface area (Å²) < 4.78 is 13.3. The number of rotatable bonds is 3. The molecule has 0 saturated heterocycles. The summed E-state index contributed by atoms with van der Waals surface area (Å²) in [4.78, 5) is 26.2. The lowest BCUT2D eigenvalue weighted by molar-refractivity contribution is 0.0690. The second-order valence-electron chi connectivity index (χ2n) is 3.82. The topological polar surface area (TPSA) is 79.3 Å². The summed E-state index contributed by atoms with van der Waals surface area (Å²) in [5.74, 6) is -2.07. The van der Waals surface area contributed by atoms with Crippen molar-refractivity contribution in [2.45, 2.75) is 0 Å².